The lowest BCUT2D eigenvalue weighted by Crippen LogP contribution is -2.35. The molecular weight excluding hydrogens is 368 g/mol. The van der Waals surface area contributed by atoms with E-state index < -0.39 is 0 Å². The van der Waals surface area contributed by atoms with Gasteiger partial charge in [0.05, 0.1) is 11.6 Å². The number of hydrogen-bond acceptors (Lipinski definition) is 5. The zero-order valence-corrected chi connectivity index (χ0v) is 16.4. The van der Waals surface area contributed by atoms with Gasteiger partial charge >= 0.3 is 0 Å². The van der Waals surface area contributed by atoms with Gasteiger partial charge in [-0.05, 0) is 32.6 Å². The van der Waals surface area contributed by atoms with Crippen LogP contribution >= 0.6 is 11.6 Å². The summed E-state index contributed by atoms with van der Waals surface area (Å²) in [6.07, 6.45) is 1.37. The standard InChI is InChI=1S/C19H21ClN4O3/c1-11-15(16-18(27-11)22-10-24(4)19(16)26)17(25)21-9-14(23(2)3)12-7-5-6-8-13(12)20/h5-8,10,14H,9H2,1-4H3,(H,21,25). The summed E-state index contributed by atoms with van der Waals surface area (Å²) >= 11 is 6.31. The summed E-state index contributed by atoms with van der Waals surface area (Å²) in [5, 5.41) is 3.72. The first-order chi connectivity index (χ1) is 12.8. The van der Waals surface area contributed by atoms with Gasteiger partial charge in [-0.2, -0.15) is 0 Å². The van der Waals surface area contributed by atoms with Crippen molar-refractivity contribution in [2.45, 2.75) is 13.0 Å². The van der Waals surface area contributed by atoms with Crippen LogP contribution in [0, 0.1) is 6.92 Å². The summed E-state index contributed by atoms with van der Waals surface area (Å²) in [4.78, 5) is 31.3. The highest BCUT2D eigenvalue weighted by molar-refractivity contribution is 6.31. The van der Waals surface area contributed by atoms with Crippen molar-refractivity contribution < 1.29 is 9.21 Å². The average molecular weight is 389 g/mol. The maximum absolute atomic E-state index is 12.8. The number of carbonyl (C=O) groups is 1. The molecule has 1 unspecified atom stereocenters. The minimum atomic E-state index is -0.379. The molecule has 0 radical (unpaired) electrons. The third-order valence-electron chi connectivity index (χ3n) is 4.52. The van der Waals surface area contributed by atoms with Gasteiger partial charge in [-0.15, -0.1) is 0 Å². The molecule has 0 fully saturated rings. The zero-order chi connectivity index (χ0) is 19.7. The van der Waals surface area contributed by atoms with Crippen LogP contribution < -0.4 is 10.9 Å². The van der Waals surface area contributed by atoms with E-state index >= 15 is 0 Å². The monoisotopic (exact) mass is 388 g/mol. The molecule has 0 bridgehead atoms. The summed E-state index contributed by atoms with van der Waals surface area (Å²) in [5.41, 5.74) is 0.972. The number of benzene rings is 1. The zero-order valence-electron chi connectivity index (χ0n) is 15.6. The van der Waals surface area contributed by atoms with Crippen LogP contribution in [-0.4, -0.2) is 41.0 Å². The highest BCUT2D eigenvalue weighted by atomic mass is 35.5. The number of nitrogens with one attached hydrogen (secondary N) is 1. The van der Waals surface area contributed by atoms with Crippen LogP contribution in [-0.2, 0) is 7.05 Å². The van der Waals surface area contributed by atoms with Crippen molar-refractivity contribution >= 4 is 28.6 Å². The van der Waals surface area contributed by atoms with Gasteiger partial charge in [-0.3, -0.25) is 9.59 Å². The molecule has 1 N–H and O–H groups in total. The van der Waals surface area contributed by atoms with Crippen molar-refractivity contribution in [1.29, 1.82) is 0 Å². The Kier molecular flexibility index (Phi) is 5.34. The van der Waals surface area contributed by atoms with Gasteiger partial charge in [0.1, 0.15) is 17.5 Å². The second kappa shape index (κ2) is 7.54. The smallest absolute Gasteiger partial charge is 0.265 e. The third-order valence-corrected chi connectivity index (χ3v) is 4.86. The number of amides is 1. The molecular formula is C19H21ClN4O3. The maximum atomic E-state index is 12.8. The van der Waals surface area contributed by atoms with Crippen LogP contribution in [0.3, 0.4) is 0 Å². The number of rotatable bonds is 5. The van der Waals surface area contributed by atoms with Crippen LogP contribution in [0.1, 0.15) is 27.7 Å². The minimum absolute atomic E-state index is 0.123. The van der Waals surface area contributed by atoms with Gasteiger partial charge in [0.15, 0.2) is 0 Å². The van der Waals surface area contributed by atoms with E-state index in [1.165, 1.54) is 10.9 Å². The van der Waals surface area contributed by atoms with Crippen molar-refractivity contribution in [3.05, 3.63) is 62.9 Å². The van der Waals surface area contributed by atoms with E-state index in [1.807, 2.05) is 43.3 Å². The molecule has 2 heterocycles. The average Bonchev–Trinajstić information content (AvgIpc) is 2.96. The number of halogens is 1. The normalized spacial score (nSPS) is 12.5. The van der Waals surface area contributed by atoms with Crippen LogP contribution in [0.4, 0.5) is 0 Å². The Morgan fingerprint density at radius 2 is 2.07 bits per heavy atom. The number of hydrogen-bond donors (Lipinski definition) is 1. The maximum Gasteiger partial charge on any atom is 0.265 e. The molecule has 142 valence electrons. The summed E-state index contributed by atoms with van der Waals surface area (Å²) in [5.74, 6) is -0.0206. The first kappa shape index (κ1) is 19.1. The summed E-state index contributed by atoms with van der Waals surface area (Å²) in [6, 6.07) is 7.39. The lowest BCUT2D eigenvalue weighted by molar-refractivity contribution is 0.0941. The quantitative estimate of drug-likeness (QED) is 0.726. The molecule has 3 aromatic rings. The predicted octanol–water partition coefficient (Wildman–Crippen LogP) is 2.52. The van der Waals surface area contributed by atoms with Crippen molar-refractivity contribution in [3.63, 3.8) is 0 Å². The number of nitrogens with zero attached hydrogens (tertiary/aromatic N) is 3. The summed E-state index contributed by atoms with van der Waals surface area (Å²) in [6.45, 7) is 1.97. The van der Waals surface area contributed by atoms with Crippen LogP contribution in [0.5, 0.6) is 0 Å². The Morgan fingerprint density at radius 1 is 1.37 bits per heavy atom. The molecule has 0 spiro atoms. The van der Waals surface area contributed by atoms with Gasteiger partial charge in [0.2, 0.25) is 5.71 Å². The molecule has 0 saturated carbocycles. The lowest BCUT2D eigenvalue weighted by Gasteiger charge is -2.26. The van der Waals surface area contributed by atoms with E-state index in [4.69, 9.17) is 16.0 Å². The fraction of sp³-hybridized carbons (Fsp3) is 0.316. The van der Waals surface area contributed by atoms with E-state index in [-0.39, 0.29) is 34.2 Å². The van der Waals surface area contributed by atoms with Crippen molar-refractivity contribution in [2.24, 2.45) is 7.05 Å². The summed E-state index contributed by atoms with van der Waals surface area (Å²) in [7, 11) is 5.41. The van der Waals surface area contributed by atoms with Crippen molar-refractivity contribution in [3.8, 4) is 0 Å². The molecule has 1 aromatic carbocycles. The number of carbonyl (C=O) groups excluding carboxylic acids is 1. The van der Waals surface area contributed by atoms with Gasteiger partial charge in [-0.25, -0.2) is 4.98 Å². The number of fused-ring (bicyclic) bond motifs is 1. The minimum Gasteiger partial charge on any atom is -0.442 e. The van der Waals surface area contributed by atoms with Crippen molar-refractivity contribution in [2.75, 3.05) is 20.6 Å². The highest BCUT2D eigenvalue weighted by Gasteiger charge is 2.24. The van der Waals surface area contributed by atoms with E-state index in [1.54, 1.807) is 14.0 Å². The van der Waals surface area contributed by atoms with Crippen LogP contribution in [0.25, 0.3) is 11.1 Å². The first-order valence-corrected chi connectivity index (χ1v) is 8.82. The Labute approximate surface area is 161 Å². The van der Waals surface area contributed by atoms with E-state index in [9.17, 15) is 9.59 Å². The van der Waals surface area contributed by atoms with Gasteiger partial charge in [0, 0.05) is 18.6 Å². The van der Waals surface area contributed by atoms with Crippen LogP contribution in [0.2, 0.25) is 5.02 Å². The molecule has 2 aromatic heterocycles. The Balaban J connectivity index is 1.91. The second-order valence-corrected chi connectivity index (χ2v) is 6.99. The molecule has 0 aliphatic heterocycles. The van der Waals surface area contributed by atoms with E-state index in [2.05, 4.69) is 10.3 Å². The van der Waals surface area contributed by atoms with E-state index in [0.29, 0.717) is 17.3 Å². The SMILES string of the molecule is Cc1oc2ncn(C)c(=O)c2c1C(=O)NCC(c1ccccc1Cl)N(C)C. The molecule has 0 saturated heterocycles. The molecule has 7 nitrogen and oxygen atoms in total. The predicted molar refractivity (Wildman–Crippen MR) is 104 cm³/mol. The topological polar surface area (TPSA) is 80.4 Å². The van der Waals surface area contributed by atoms with E-state index in [0.717, 1.165) is 5.56 Å². The number of furan rings is 1. The molecule has 1 atom stereocenters. The molecule has 3 rings (SSSR count). The molecule has 8 heteroatoms. The molecule has 1 amide bonds. The lowest BCUT2D eigenvalue weighted by atomic mass is 10.1. The largest absolute Gasteiger partial charge is 0.442 e. The molecule has 27 heavy (non-hydrogen) atoms. The highest BCUT2D eigenvalue weighted by Crippen LogP contribution is 2.26. The van der Waals surface area contributed by atoms with Gasteiger partial charge in [0.25, 0.3) is 11.5 Å². The fourth-order valence-corrected chi connectivity index (χ4v) is 3.32. The molecule has 0 aliphatic rings. The number of aryl methyl sites for hydroxylation is 2. The van der Waals surface area contributed by atoms with Gasteiger partial charge in [-0.1, -0.05) is 29.8 Å². The second-order valence-electron chi connectivity index (χ2n) is 6.58. The Hall–Kier alpha value is -2.64. The first-order valence-electron chi connectivity index (χ1n) is 8.45. The fourth-order valence-electron chi connectivity index (χ4n) is 3.05. The van der Waals surface area contributed by atoms with Crippen LogP contribution in [0.15, 0.2) is 39.8 Å². The van der Waals surface area contributed by atoms with Crippen molar-refractivity contribution in [1.82, 2.24) is 19.8 Å². The molecule has 0 aliphatic carbocycles. The third kappa shape index (κ3) is 3.61. The summed E-state index contributed by atoms with van der Waals surface area (Å²) < 4.78 is 6.82. The number of likely N-dealkylation sites (N-methyl/N-ethyl adjacent to an activating group) is 1. The Bertz CT molecular complexity index is 1050. The van der Waals surface area contributed by atoms with Gasteiger partial charge < -0.3 is 19.2 Å². The Morgan fingerprint density at radius 3 is 2.74 bits per heavy atom. The number of aromatic nitrogens is 2.